The molecule has 3 nitrogen and oxygen atoms in total. The number of hydrogen-bond donors (Lipinski definition) is 1. The largest absolute Gasteiger partial charge is 0.319 e. The first-order valence-electron chi connectivity index (χ1n) is 6.06. The molecule has 0 fully saturated rings. The number of aromatic amines is 1. The lowest BCUT2D eigenvalue weighted by molar-refractivity contribution is 0.613. The Kier molecular flexibility index (Phi) is 3.24. The summed E-state index contributed by atoms with van der Waals surface area (Å²) in [5.41, 5.74) is 1.51. The van der Waals surface area contributed by atoms with Crippen molar-refractivity contribution in [1.29, 1.82) is 0 Å². The Morgan fingerprint density at radius 3 is 2.75 bits per heavy atom. The average Bonchev–Trinajstić information content (AvgIpc) is 2.43. The number of halogens is 2. The second-order valence-corrected chi connectivity index (χ2v) is 4.81. The lowest BCUT2D eigenvalue weighted by Gasteiger charge is -2.06. The molecule has 0 aliphatic rings. The maximum Gasteiger partial charge on any atom is 0.270 e. The van der Waals surface area contributed by atoms with Crippen LogP contribution in [0.5, 0.6) is 0 Å². The lowest BCUT2D eigenvalue weighted by atomic mass is 10.1. The van der Waals surface area contributed by atoms with Gasteiger partial charge in [0.1, 0.15) is 11.5 Å². The fraction of sp³-hybridized carbons (Fsp3) is 0.0667. The van der Waals surface area contributed by atoms with Gasteiger partial charge >= 0.3 is 0 Å². The van der Waals surface area contributed by atoms with Crippen molar-refractivity contribution in [3.63, 3.8) is 0 Å². The molecule has 100 valence electrons. The Hall–Kier alpha value is -2.20. The van der Waals surface area contributed by atoms with Crippen molar-refractivity contribution >= 4 is 22.6 Å². The minimum atomic E-state index is -0.438. The Labute approximate surface area is 119 Å². The molecule has 1 aromatic heterocycles. The number of benzene rings is 2. The number of aromatic nitrogens is 2. The summed E-state index contributed by atoms with van der Waals surface area (Å²) in [5, 5.41) is 0.291. The Bertz CT molecular complexity index is 824. The quantitative estimate of drug-likeness (QED) is 0.786. The van der Waals surface area contributed by atoms with Crippen molar-refractivity contribution in [3.8, 4) is 0 Å². The third-order valence-corrected chi connectivity index (χ3v) is 3.43. The van der Waals surface area contributed by atoms with Crippen LogP contribution in [0, 0.1) is 5.82 Å². The highest BCUT2D eigenvalue weighted by Crippen LogP contribution is 2.21. The summed E-state index contributed by atoms with van der Waals surface area (Å²) in [6, 6.07) is 11.6. The van der Waals surface area contributed by atoms with Crippen LogP contribution in [0.15, 0.2) is 47.3 Å². The van der Waals surface area contributed by atoms with E-state index in [2.05, 4.69) is 9.97 Å². The summed E-state index contributed by atoms with van der Waals surface area (Å²) in [4.78, 5) is 19.0. The Morgan fingerprint density at radius 2 is 1.95 bits per heavy atom. The van der Waals surface area contributed by atoms with Crippen LogP contribution in [0.1, 0.15) is 11.3 Å². The predicted octanol–water partition coefficient (Wildman–Crippen LogP) is 3.31. The molecule has 0 amide bonds. The van der Waals surface area contributed by atoms with E-state index in [1.54, 1.807) is 18.2 Å². The fourth-order valence-electron chi connectivity index (χ4n) is 2.06. The zero-order valence-electron chi connectivity index (χ0n) is 10.4. The summed E-state index contributed by atoms with van der Waals surface area (Å²) < 4.78 is 13.8. The third-order valence-electron chi connectivity index (χ3n) is 3.08. The summed E-state index contributed by atoms with van der Waals surface area (Å²) in [5.74, 6) is -0.438. The van der Waals surface area contributed by atoms with Gasteiger partial charge in [0.05, 0.1) is 11.0 Å². The SMILES string of the molecule is O=c1[nH]c2ccccc2nc1Cc1c(F)cccc1Cl. The topological polar surface area (TPSA) is 45.8 Å². The van der Waals surface area contributed by atoms with Crippen molar-refractivity contribution < 1.29 is 4.39 Å². The van der Waals surface area contributed by atoms with E-state index in [1.807, 2.05) is 12.1 Å². The van der Waals surface area contributed by atoms with E-state index < -0.39 is 5.82 Å². The van der Waals surface area contributed by atoms with Gasteiger partial charge in [-0.3, -0.25) is 4.79 Å². The first kappa shape index (κ1) is 12.8. The van der Waals surface area contributed by atoms with E-state index in [0.29, 0.717) is 16.1 Å². The van der Waals surface area contributed by atoms with E-state index >= 15 is 0 Å². The van der Waals surface area contributed by atoms with E-state index in [9.17, 15) is 9.18 Å². The number of hydrogen-bond acceptors (Lipinski definition) is 2. The number of H-pyrrole nitrogens is 1. The molecular weight excluding hydrogens is 279 g/mol. The van der Waals surface area contributed by atoms with Gasteiger partial charge in [0.25, 0.3) is 5.56 Å². The third kappa shape index (κ3) is 2.30. The monoisotopic (exact) mass is 288 g/mol. The number of fused-ring (bicyclic) bond motifs is 1. The minimum absolute atomic E-state index is 0.0612. The number of rotatable bonds is 2. The Balaban J connectivity index is 2.11. The van der Waals surface area contributed by atoms with Gasteiger partial charge in [-0.15, -0.1) is 0 Å². The van der Waals surface area contributed by atoms with Crippen LogP contribution in [0.4, 0.5) is 4.39 Å². The molecule has 3 aromatic rings. The van der Waals surface area contributed by atoms with Crippen LogP contribution >= 0.6 is 11.6 Å². The van der Waals surface area contributed by atoms with Gasteiger partial charge in [0, 0.05) is 17.0 Å². The molecule has 1 heterocycles. The second kappa shape index (κ2) is 5.06. The molecule has 0 saturated carbocycles. The standard InChI is InChI=1S/C15H10ClFN2O/c16-10-4-3-5-11(17)9(10)8-14-15(20)19-13-7-2-1-6-12(13)18-14/h1-7H,8H2,(H,19,20). The molecule has 0 unspecified atom stereocenters. The zero-order valence-corrected chi connectivity index (χ0v) is 11.1. The highest BCUT2D eigenvalue weighted by Gasteiger charge is 2.12. The van der Waals surface area contributed by atoms with Crippen molar-refractivity contribution in [1.82, 2.24) is 9.97 Å². The van der Waals surface area contributed by atoms with Crippen molar-refractivity contribution in [2.45, 2.75) is 6.42 Å². The van der Waals surface area contributed by atoms with Crippen LogP contribution in [-0.4, -0.2) is 9.97 Å². The van der Waals surface area contributed by atoms with Crippen LogP contribution in [0.3, 0.4) is 0 Å². The molecule has 3 rings (SSSR count). The number of nitrogens with zero attached hydrogens (tertiary/aromatic N) is 1. The minimum Gasteiger partial charge on any atom is -0.319 e. The normalized spacial score (nSPS) is 10.9. The molecule has 1 N–H and O–H groups in total. The van der Waals surface area contributed by atoms with Gasteiger partial charge in [-0.1, -0.05) is 29.8 Å². The molecule has 5 heteroatoms. The predicted molar refractivity (Wildman–Crippen MR) is 76.6 cm³/mol. The molecule has 0 bridgehead atoms. The highest BCUT2D eigenvalue weighted by atomic mass is 35.5. The van der Waals surface area contributed by atoms with Crippen LogP contribution in [0.2, 0.25) is 5.02 Å². The van der Waals surface area contributed by atoms with E-state index in [-0.39, 0.29) is 23.2 Å². The molecule has 0 saturated heterocycles. The second-order valence-electron chi connectivity index (χ2n) is 4.41. The summed E-state index contributed by atoms with van der Waals surface area (Å²) in [6.07, 6.45) is 0.0612. The van der Waals surface area contributed by atoms with Gasteiger partial charge in [-0.05, 0) is 24.3 Å². The van der Waals surface area contributed by atoms with E-state index in [0.717, 1.165) is 0 Å². The molecule has 0 spiro atoms. The first-order valence-corrected chi connectivity index (χ1v) is 6.44. The molecular formula is C15H10ClFN2O. The van der Waals surface area contributed by atoms with Gasteiger partial charge < -0.3 is 4.98 Å². The molecule has 0 aliphatic carbocycles. The molecule has 0 radical (unpaired) electrons. The van der Waals surface area contributed by atoms with Crippen molar-refractivity contribution in [2.75, 3.05) is 0 Å². The molecule has 20 heavy (non-hydrogen) atoms. The Morgan fingerprint density at radius 1 is 1.15 bits per heavy atom. The van der Waals surface area contributed by atoms with Gasteiger partial charge in [-0.2, -0.15) is 0 Å². The van der Waals surface area contributed by atoms with E-state index in [1.165, 1.54) is 12.1 Å². The van der Waals surface area contributed by atoms with Gasteiger partial charge in [-0.25, -0.2) is 9.37 Å². The van der Waals surface area contributed by atoms with E-state index in [4.69, 9.17) is 11.6 Å². The molecule has 2 aromatic carbocycles. The fourth-order valence-corrected chi connectivity index (χ4v) is 2.29. The van der Waals surface area contributed by atoms with Crippen molar-refractivity contribution in [2.24, 2.45) is 0 Å². The zero-order chi connectivity index (χ0) is 14.1. The van der Waals surface area contributed by atoms with Crippen LogP contribution in [0.25, 0.3) is 11.0 Å². The maximum absolute atomic E-state index is 13.8. The smallest absolute Gasteiger partial charge is 0.270 e. The average molecular weight is 289 g/mol. The molecule has 0 atom stereocenters. The lowest BCUT2D eigenvalue weighted by Crippen LogP contribution is -2.16. The maximum atomic E-state index is 13.8. The molecule has 0 aliphatic heterocycles. The summed E-state index contributed by atoms with van der Waals surface area (Å²) >= 11 is 5.97. The highest BCUT2D eigenvalue weighted by molar-refractivity contribution is 6.31. The summed E-state index contributed by atoms with van der Waals surface area (Å²) in [6.45, 7) is 0. The first-order chi connectivity index (χ1) is 9.65. The summed E-state index contributed by atoms with van der Waals surface area (Å²) in [7, 11) is 0. The number of nitrogens with one attached hydrogen (secondary N) is 1. The van der Waals surface area contributed by atoms with Crippen molar-refractivity contribution in [3.05, 3.63) is 74.9 Å². The van der Waals surface area contributed by atoms with Gasteiger partial charge in [0.2, 0.25) is 0 Å². The van der Waals surface area contributed by atoms with Crippen LogP contribution in [-0.2, 0) is 6.42 Å². The van der Waals surface area contributed by atoms with Crippen LogP contribution < -0.4 is 5.56 Å². The number of para-hydroxylation sites is 2. The van der Waals surface area contributed by atoms with Gasteiger partial charge in [0.15, 0.2) is 0 Å².